The number of ether oxygens (including phenoxy) is 2. The molecule has 0 heterocycles. The van der Waals surface area contributed by atoms with Crippen LogP contribution in [-0.2, 0) is 9.59 Å². The Labute approximate surface area is 162 Å². The largest absolute Gasteiger partial charge is 0.497 e. The van der Waals surface area contributed by atoms with E-state index in [1.165, 1.54) is 26.1 Å². The van der Waals surface area contributed by atoms with Gasteiger partial charge in [-0.25, -0.2) is 4.79 Å². The minimum absolute atomic E-state index is 0.208. The van der Waals surface area contributed by atoms with Gasteiger partial charge in [-0.1, -0.05) is 6.07 Å². The van der Waals surface area contributed by atoms with Crippen molar-refractivity contribution >= 4 is 23.5 Å². The number of hydrogen-bond donors (Lipinski definition) is 2. The predicted octanol–water partition coefficient (Wildman–Crippen LogP) is 2.26. The fourth-order valence-electron chi connectivity index (χ4n) is 2.29. The molecule has 0 bridgehead atoms. The van der Waals surface area contributed by atoms with Crippen molar-refractivity contribution in [3.8, 4) is 11.5 Å². The van der Waals surface area contributed by atoms with E-state index in [0.717, 1.165) is 4.90 Å². The number of nitrogens with zero attached hydrogens (tertiary/aromatic N) is 1. The first kappa shape index (κ1) is 20.8. The van der Waals surface area contributed by atoms with Crippen molar-refractivity contribution in [3.05, 3.63) is 54.1 Å². The van der Waals surface area contributed by atoms with Crippen molar-refractivity contribution in [1.82, 2.24) is 4.90 Å². The fraction of sp³-hybridized carbons (Fsp3) is 0.250. The van der Waals surface area contributed by atoms with Crippen molar-refractivity contribution < 1.29 is 29.0 Å². The number of carboxylic acids is 1. The van der Waals surface area contributed by atoms with Crippen LogP contribution in [0.4, 0.5) is 5.69 Å². The summed E-state index contributed by atoms with van der Waals surface area (Å²) in [5, 5.41) is 11.7. The lowest BCUT2D eigenvalue weighted by Crippen LogP contribution is -2.40. The van der Waals surface area contributed by atoms with Gasteiger partial charge in [0.1, 0.15) is 17.5 Å². The number of hydrogen-bond acceptors (Lipinski definition) is 5. The van der Waals surface area contributed by atoms with Gasteiger partial charge in [0, 0.05) is 24.4 Å². The smallest absolute Gasteiger partial charge is 0.326 e. The summed E-state index contributed by atoms with van der Waals surface area (Å²) >= 11 is 0. The summed E-state index contributed by atoms with van der Waals surface area (Å²) in [6, 6.07) is 12.1. The number of carbonyl (C=O) groups is 3. The number of carboxylic acid groups (broad SMARTS) is 1. The first-order valence-corrected chi connectivity index (χ1v) is 8.48. The number of carbonyl (C=O) groups excluding carboxylic acids is 2. The van der Waals surface area contributed by atoms with Gasteiger partial charge in [0.25, 0.3) is 11.8 Å². The van der Waals surface area contributed by atoms with Crippen LogP contribution in [0.3, 0.4) is 0 Å². The zero-order valence-electron chi connectivity index (χ0n) is 15.8. The third-order valence-corrected chi connectivity index (χ3v) is 4.08. The Kier molecular flexibility index (Phi) is 6.97. The third kappa shape index (κ3) is 5.47. The van der Waals surface area contributed by atoms with Crippen LogP contribution in [-0.4, -0.2) is 54.6 Å². The van der Waals surface area contributed by atoms with E-state index in [9.17, 15) is 14.4 Å². The summed E-state index contributed by atoms with van der Waals surface area (Å²) in [7, 11) is 2.97. The molecular formula is C20H22N2O6. The highest BCUT2D eigenvalue weighted by molar-refractivity contribution is 5.96. The van der Waals surface area contributed by atoms with Crippen molar-refractivity contribution in [2.45, 2.75) is 13.0 Å². The molecule has 2 N–H and O–H groups in total. The number of aliphatic carboxylic acids is 1. The lowest BCUT2D eigenvalue weighted by molar-refractivity contribution is -0.141. The zero-order chi connectivity index (χ0) is 20.7. The lowest BCUT2D eigenvalue weighted by atomic mass is 10.1. The van der Waals surface area contributed by atoms with Crippen LogP contribution in [0.25, 0.3) is 0 Å². The number of amides is 2. The van der Waals surface area contributed by atoms with E-state index in [4.69, 9.17) is 14.6 Å². The second-order valence-corrected chi connectivity index (χ2v) is 6.02. The van der Waals surface area contributed by atoms with E-state index in [0.29, 0.717) is 22.7 Å². The van der Waals surface area contributed by atoms with Crippen LogP contribution in [0.15, 0.2) is 48.5 Å². The molecule has 8 heteroatoms. The van der Waals surface area contributed by atoms with Gasteiger partial charge in [0.15, 0.2) is 6.61 Å². The van der Waals surface area contributed by atoms with E-state index in [1.807, 2.05) is 0 Å². The molecule has 0 aliphatic rings. The summed E-state index contributed by atoms with van der Waals surface area (Å²) < 4.78 is 10.5. The van der Waals surface area contributed by atoms with E-state index in [1.54, 1.807) is 43.5 Å². The van der Waals surface area contributed by atoms with Gasteiger partial charge in [-0.2, -0.15) is 0 Å². The summed E-state index contributed by atoms with van der Waals surface area (Å²) in [5.41, 5.74) is 0.910. The minimum Gasteiger partial charge on any atom is -0.497 e. The number of likely N-dealkylation sites (N-methyl/N-ethyl adjacent to an activating group) is 1. The highest BCUT2D eigenvalue weighted by Gasteiger charge is 2.22. The van der Waals surface area contributed by atoms with Crippen LogP contribution < -0.4 is 14.8 Å². The van der Waals surface area contributed by atoms with Gasteiger partial charge >= 0.3 is 5.97 Å². The van der Waals surface area contributed by atoms with E-state index >= 15 is 0 Å². The zero-order valence-corrected chi connectivity index (χ0v) is 15.8. The van der Waals surface area contributed by atoms with Crippen LogP contribution >= 0.6 is 0 Å². The second kappa shape index (κ2) is 9.40. The fourth-order valence-corrected chi connectivity index (χ4v) is 2.29. The molecule has 148 valence electrons. The second-order valence-electron chi connectivity index (χ2n) is 6.02. The first-order valence-electron chi connectivity index (χ1n) is 8.48. The molecule has 2 aromatic carbocycles. The molecule has 0 saturated carbocycles. The summed E-state index contributed by atoms with van der Waals surface area (Å²) in [5.74, 6) is -0.814. The molecule has 0 radical (unpaired) electrons. The number of methoxy groups -OCH3 is 1. The van der Waals surface area contributed by atoms with Crippen molar-refractivity contribution in [2.24, 2.45) is 0 Å². The van der Waals surface area contributed by atoms with Gasteiger partial charge in [-0.15, -0.1) is 0 Å². The van der Waals surface area contributed by atoms with Crippen LogP contribution in [0.5, 0.6) is 11.5 Å². The average Bonchev–Trinajstić information content (AvgIpc) is 2.71. The Balaban J connectivity index is 1.90. The lowest BCUT2D eigenvalue weighted by Gasteiger charge is -2.21. The quantitative estimate of drug-likeness (QED) is 0.721. The SMILES string of the molecule is COc1cccc(NC(=O)COc2ccc(C(=O)N(C)C(C)C(=O)O)cc2)c1. The Hall–Kier alpha value is -3.55. The van der Waals surface area contributed by atoms with Crippen molar-refractivity contribution in [3.63, 3.8) is 0 Å². The molecule has 1 unspecified atom stereocenters. The van der Waals surface area contributed by atoms with Gasteiger partial charge in [0.2, 0.25) is 0 Å². The van der Waals surface area contributed by atoms with Gasteiger partial charge in [-0.3, -0.25) is 9.59 Å². The molecule has 0 aliphatic heterocycles. The maximum atomic E-state index is 12.3. The normalized spacial score (nSPS) is 11.2. The molecule has 0 aromatic heterocycles. The predicted molar refractivity (Wildman–Crippen MR) is 103 cm³/mol. The van der Waals surface area contributed by atoms with E-state index in [-0.39, 0.29) is 12.5 Å². The number of rotatable bonds is 8. The molecule has 2 aromatic rings. The Bertz CT molecular complexity index is 850. The topological polar surface area (TPSA) is 105 Å². The molecule has 28 heavy (non-hydrogen) atoms. The van der Waals surface area contributed by atoms with Gasteiger partial charge < -0.3 is 24.8 Å². The number of nitrogens with one attached hydrogen (secondary N) is 1. The molecule has 2 rings (SSSR count). The first-order chi connectivity index (χ1) is 13.3. The molecular weight excluding hydrogens is 364 g/mol. The van der Waals surface area contributed by atoms with Crippen LogP contribution in [0.2, 0.25) is 0 Å². The summed E-state index contributed by atoms with van der Waals surface area (Å²) in [4.78, 5) is 36.4. The minimum atomic E-state index is -1.09. The molecule has 0 spiro atoms. The van der Waals surface area contributed by atoms with Crippen molar-refractivity contribution in [1.29, 1.82) is 0 Å². The van der Waals surface area contributed by atoms with E-state index < -0.39 is 17.9 Å². The standard InChI is InChI=1S/C20H22N2O6/c1-13(20(25)26)22(2)19(24)14-7-9-16(10-8-14)28-12-18(23)21-15-5-4-6-17(11-15)27-3/h4-11,13H,12H2,1-3H3,(H,21,23)(H,25,26). The molecule has 2 amide bonds. The molecule has 0 aliphatic carbocycles. The maximum Gasteiger partial charge on any atom is 0.326 e. The summed E-state index contributed by atoms with van der Waals surface area (Å²) in [6.45, 7) is 1.22. The highest BCUT2D eigenvalue weighted by Crippen LogP contribution is 2.17. The van der Waals surface area contributed by atoms with Crippen LogP contribution in [0, 0.1) is 0 Å². The Morgan fingerprint density at radius 1 is 1.11 bits per heavy atom. The molecule has 1 atom stereocenters. The van der Waals surface area contributed by atoms with E-state index in [2.05, 4.69) is 5.32 Å². The maximum absolute atomic E-state index is 12.3. The average molecular weight is 386 g/mol. The van der Waals surface area contributed by atoms with Gasteiger partial charge in [0.05, 0.1) is 7.11 Å². The molecule has 0 saturated heterocycles. The van der Waals surface area contributed by atoms with Crippen LogP contribution in [0.1, 0.15) is 17.3 Å². The number of anilines is 1. The van der Waals surface area contributed by atoms with Crippen molar-refractivity contribution in [2.75, 3.05) is 26.1 Å². The summed E-state index contributed by atoms with van der Waals surface area (Å²) in [6.07, 6.45) is 0. The Morgan fingerprint density at radius 2 is 1.79 bits per heavy atom. The Morgan fingerprint density at radius 3 is 2.39 bits per heavy atom. The molecule has 8 nitrogen and oxygen atoms in total. The number of benzene rings is 2. The van der Waals surface area contributed by atoms with Gasteiger partial charge in [-0.05, 0) is 43.3 Å². The monoisotopic (exact) mass is 386 g/mol. The molecule has 0 fully saturated rings. The highest BCUT2D eigenvalue weighted by atomic mass is 16.5. The third-order valence-electron chi connectivity index (χ3n) is 4.08.